The standard InChI is InChI=1S/C27H30N6O3/c1-31(25(34)8-4-14-33-19-30-22-7-3-2-6-20(22)26(33)35)17-27(36)11-5-15-32(18-27)24-10-13-29-23-9-12-28-16-21(23)24/h2-3,6-7,9-10,12-13,16,19,36H,4-5,8,11,14-15,17-18H2,1H3/t27-/m1/s1. The van der Waals surface area contributed by atoms with Crippen molar-refractivity contribution < 1.29 is 9.90 Å². The summed E-state index contributed by atoms with van der Waals surface area (Å²) >= 11 is 0. The Hall–Kier alpha value is -3.85. The number of aryl methyl sites for hydroxylation is 1. The van der Waals surface area contributed by atoms with Gasteiger partial charge in [0.2, 0.25) is 5.91 Å². The first-order chi connectivity index (χ1) is 17.4. The Balaban J connectivity index is 1.19. The summed E-state index contributed by atoms with van der Waals surface area (Å²) in [5.41, 5.74) is 1.41. The van der Waals surface area contributed by atoms with E-state index in [0.717, 1.165) is 29.6 Å². The molecule has 1 aliphatic rings. The van der Waals surface area contributed by atoms with Gasteiger partial charge in [-0.1, -0.05) is 12.1 Å². The predicted molar refractivity (Wildman–Crippen MR) is 139 cm³/mol. The number of pyridine rings is 2. The van der Waals surface area contributed by atoms with Crippen LogP contribution in [0.5, 0.6) is 0 Å². The SMILES string of the molecule is CN(C[C@]1(O)CCCN(c2ccnc3ccncc23)C1)C(=O)CCCn1cnc2ccccc2c1=O. The predicted octanol–water partition coefficient (Wildman–Crippen LogP) is 2.61. The maximum absolute atomic E-state index is 12.9. The number of aliphatic hydroxyl groups is 1. The molecule has 36 heavy (non-hydrogen) atoms. The molecule has 4 aromatic rings. The topological polar surface area (TPSA) is 104 Å². The van der Waals surface area contributed by atoms with Crippen LogP contribution < -0.4 is 10.5 Å². The maximum atomic E-state index is 12.9. The van der Waals surface area contributed by atoms with E-state index in [1.807, 2.05) is 30.3 Å². The first-order valence-electron chi connectivity index (χ1n) is 12.3. The number of rotatable bonds is 7. The van der Waals surface area contributed by atoms with Crippen molar-refractivity contribution >= 4 is 33.4 Å². The van der Waals surface area contributed by atoms with Crippen LogP contribution in [0.2, 0.25) is 0 Å². The highest BCUT2D eigenvalue weighted by molar-refractivity contribution is 5.90. The van der Waals surface area contributed by atoms with Gasteiger partial charge in [0, 0.05) is 62.8 Å². The van der Waals surface area contributed by atoms with E-state index in [0.29, 0.717) is 36.8 Å². The molecule has 9 heteroatoms. The number of anilines is 1. The van der Waals surface area contributed by atoms with Crippen LogP contribution in [0.3, 0.4) is 0 Å². The Morgan fingerprint density at radius 1 is 1.11 bits per heavy atom. The molecule has 1 aromatic carbocycles. The molecule has 0 bridgehead atoms. The zero-order chi connectivity index (χ0) is 25.1. The Morgan fingerprint density at radius 3 is 2.83 bits per heavy atom. The molecule has 1 aliphatic heterocycles. The Kier molecular flexibility index (Phi) is 6.65. The summed E-state index contributed by atoms with van der Waals surface area (Å²) in [5, 5.41) is 12.9. The molecule has 1 fully saturated rings. The van der Waals surface area contributed by atoms with Crippen molar-refractivity contribution in [3.8, 4) is 0 Å². The number of carbonyl (C=O) groups is 1. The molecule has 1 saturated heterocycles. The molecule has 1 amide bonds. The molecule has 9 nitrogen and oxygen atoms in total. The van der Waals surface area contributed by atoms with E-state index < -0.39 is 5.60 Å². The fourth-order valence-electron chi connectivity index (χ4n) is 5.08. The molecule has 5 rings (SSSR count). The number of benzene rings is 1. The van der Waals surface area contributed by atoms with Crippen molar-refractivity contribution in [3.05, 3.63) is 71.7 Å². The number of amides is 1. The van der Waals surface area contributed by atoms with Crippen LogP contribution in [0.1, 0.15) is 25.7 Å². The Morgan fingerprint density at radius 2 is 1.94 bits per heavy atom. The van der Waals surface area contributed by atoms with E-state index in [1.165, 1.54) is 6.33 Å². The van der Waals surface area contributed by atoms with Crippen molar-refractivity contribution in [2.45, 2.75) is 37.8 Å². The van der Waals surface area contributed by atoms with Crippen molar-refractivity contribution in [2.75, 3.05) is 31.6 Å². The van der Waals surface area contributed by atoms with Crippen molar-refractivity contribution in [1.29, 1.82) is 0 Å². The quantitative estimate of drug-likeness (QED) is 0.428. The van der Waals surface area contributed by atoms with Crippen molar-refractivity contribution in [1.82, 2.24) is 24.4 Å². The third kappa shape index (κ3) is 4.92. The van der Waals surface area contributed by atoms with E-state index in [1.54, 1.807) is 41.2 Å². The molecule has 1 atom stereocenters. The molecule has 3 aromatic heterocycles. The fraction of sp³-hybridized carbons (Fsp3) is 0.370. The molecule has 0 aliphatic carbocycles. The highest BCUT2D eigenvalue weighted by atomic mass is 16.3. The summed E-state index contributed by atoms with van der Waals surface area (Å²) in [7, 11) is 1.73. The lowest BCUT2D eigenvalue weighted by Crippen LogP contribution is -2.54. The van der Waals surface area contributed by atoms with Gasteiger partial charge in [0.05, 0.1) is 34.9 Å². The Labute approximate surface area is 209 Å². The van der Waals surface area contributed by atoms with Gasteiger partial charge in [-0.15, -0.1) is 0 Å². The fourth-order valence-corrected chi connectivity index (χ4v) is 5.08. The zero-order valence-corrected chi connectivity index (χ0v) is 20.4. The molecule has 186 valence electrons. The van der Waals surface area contributed by atoms with Crippen molar-refractivity contribution in [3.63, 3.8) is 0 Å². The van der Waals surface area contributed by atoms with Crippen LogP contribution >= 0.6 is 0 Å². The number of nitrogens with zero attached hydrogens (tertiary/aromatic N) is 6. The lowest BCUT2D eigenvalue weighted by Gasteiger charge is -2.42. The van der Waals surface area contributed by atoms with Gasteiger partial charge in [-0.25, -0.2) is 4.98 Å². The largest absolute Gasteiger partial charge is 0.386 e. The third-order valence-electron chi connectivity index (χ3n) is 6.89. The summed E-state index contributed by atoms with van der Waals surface area (Å²) in [6, 6.07) is 11.1. The second kappa shape index (κ2) is 10.0. The number of piperidine rings is 1. The van der Waals surface area contributed by atoms with E-state index in [4.69, 9.17) is 0 Å². The molecule has 0 radical (unpaired) electrons. The van der Waals surface area contributed by atoms with Gasteiger partial charge in [-0.3, -0.25) is 24.1 Å². The van der Waals surface area contributed by atoms with Gasteiger partial charge in [0.1, 0.15) is 0 Å². The van der Waals surface area contributed by atoms with Crippen LogP contribution in [0.4, 0.5) is 5.69 Å². The minimum absolute atomic E-state index is 0.0547. The van der Waals surface area contributed by atoms with Gasteiger partial charge in [-0.05, 0) is 43.5 Å². The number of fused-ring (bicyclic) bond motifs is 2. The third-order valence-corrected chi connectivity index (χ3v) is 6.89. The molecular weight excluding hydrogens is 456 g/mol. The second-order valence-electron chi connectivity index (χ2n) is 9.59. The van der Waals surface area contributed by atoms with Crippen LogP contribution in [0.15, 0.2) is 66.1 Å². The number of para-hydroxylation sites is 1. The van der Waals surface area contributed by atoms with Gasteiger partial charge in [0.25, 0.3) is 5.56 Å². The number of β-amino-alcohol motifs (C(OH)–C–C–N with tert-alkyl or cyclic N) is 1. The summed E-state index contributed by atoms with van der Waals surface area (Å²) in [4.78, 5) is 42.3. The lowest BCUT2D eigenvalue weighted by molar-refractivity contribution is -0.133. The smallest absolute Gasteiger partial charge is 0.261 e. The maximum Gasteiger partial charge on any atom is 0.261 e. The highest BCUT2D eigenvalue weighted by Gasteiger charge is 2.36. The van der Waals surface area contributed by atoms with Gasteiger partial charge in [0.15, 0.2) is 0 Å². The number of carbonyl (C=O) groups excluding carboxylic acids is 1. The highest BCUT2D eigenvalue weighted by Crippen LogP contribution is 2.31. The van der Waals surface area contributed by atoms with Gasteiger partial charge in [-0.2, -0.15) is 0 Å². The molecular formula is C27H30N6O3. The Bertz CT molecular complexity index is 1450. The van der Waals surface area contributed by atoms with Crippen LogP contribution in [0, 0.1) is 0 Å². The average molecular weight is 487 g/mol. The number of aromatic nitrogens is 4. The van der Waals surface area contributed by atoms with Crippen molar-refractivity contribution in [2.24, 2.45) is 0 Å². The number of likely N-dealkylation sites (N-methyl/N-ethyl adjacent to an activating group) is 1. The van der Waals surface area contributed by atoms with Crippen LogP contribution in [0.25, 0.3) is 21.8 Å². The van der Waals surface area contributed by atoms with E-state index >= 15 is 0 Å². The first kappa shape index (κ1) is 23.9. The second-order valence-corrected chi connectivity index (χ2v) is 9.59. The summed E-state index contributed by atoms with van der Waals surface area (Å²) < 4.78 is 1.55. The van der Waals surface area contributed by atoms with E-state index in [2.05, 4.69) is 19.9 Å². The molecule has 0 unspecified atom stereocenters. The van der Waals surface area contributed by atoms with E-state index in [-0.39, 0.29) is 24.4 Å². The van der Waals surface area contributed by atoms with Crippen LogP contribution in [-0.2, 0) is 11.3 Å². The first-order valence-corrected chi connectivity index (χ1v) is 12.3. The molecule has 1 N–H and O–H groups in total. The molecule has 4 heterocycles. The summed E-state index contributed by atoms with van der Waals surface area (Å²) in [5.74, 6) is -0.0547. The minimum atomic E-state index is -1.01. The monoisotopic (exact) mass is 486 g/mol. The normalized spacial score (nSPS) is 18.0. The zero-order valence-electron chi connectivity index (χ0n) is 20.4. The minimum Gasteiger partial charge on any atom is -0.386 e. The number of hydrogen-bond donors (Lipinski definition) is 1. The van der Waals surface area contributed by atoms with Gasteiger partial charge < -0.3 is 14.9 Å². The molecule has 0 spiro atoms. The summed E-state index contributed by atoms with van der Waals surface area (Å²) in [6.07, 6.45) is 9.09. The van der Waals surface area contributed by atoms with E-state index in [9.17, 15) is 14.7 Å². The molecule has 0 saturated carbocycles. The lowest BCUT2D eigenvalue weighted by atomic mass is 9.91. The van der Waals surface area contributed by atoms with Gasteiger partial charge >= 0.3 is 0 Å². The average Bonchev–Trinajstić information content (AvgIpc) is 2.89. The van der Waals surface area contributed by atoms with Crippen LogP contribution in [-0.4, -0.2) is 67.7 Å². The summed E-state index contributed by atoms with van der Waals surface area (Å²) in [6.45, 7) is 1.91. The number of hydrogen-bond acceptors (Lipinski definition) is 7.